The van der Waals surface area contributed by atoms with Crippen molar-refractivity contribution in [2.75, 3.05) is 37.6 Å². The van der Waals surface area contributed by atoms with Crippen LogP contribution >= 0.6 is 11.3 Å². The van der Waals surface area contributed by atoms with Crippen molar-refractivity contribution < 1.29 is 14.7 Å². The number of carbonyl (C=O) groups excluding carboxylic acids is 2. The second-order valence-corrected chi connectivity index (χ2v) is 7.96. The molecule has 0 spiro atoms. The number of benzene rings is 1. The molecular weight excluding hydrogens is 376 g/mol. The number of nitrogens with zero attached hydrogens (tertiary/aromatic N) is 2. The van der Waals surface area contributed by atoms with Crippen LogP contribution in [0.1, 0.15) is 27.0 Å². The van der Waals surface area contributed by atoms with E-state index >= 15 is 0 Å². The van der Waals surface area contributed by atoms with Gasteiger partial charge in [-0.25, -0.2) is 0 Å². The maximum atomic E-state index is 12.2. The lowest BCUT2D eigenvalue weighted by Gasteiger charge is -2.35. The van der Waals surface area contributed by atoms with Gasteiger partial charge in [0.25, 0.3) is 11.8 Å². The van der Waals surface area contributed by atoms with E-state index in [1.807, 2.05) is 30.0 Å². The fraction of sp³-hybridized carbons (Fsp3) is 0.400. The summed E-state index contributed by atoms with van der Waals surface area (Å²) < 4.78 is 0. The summed E-state index contributed by atoms with van der Waals surface area (Å²) in [4.78, 5) is 30.3. The van der Waals surface area contributed by atoms with E-state index in [9.17, 15) is 14.7 Å². The number of amides is 2. The first-order valence-electron chi connectivity index (χ1n) is 9.41. The van der Waals surface area contributed by atoms with Crippen molar-refractivity contribution in [1.29, 1.82) is 0 Å². The van der Waals surface area contributed by atoms with Crippen molar-refractivity contribution in [3.05, 3.63) is 45.6 Å². The summed E-state index contributed by atoms with van der Waals surface area (Å²) >= 11 is 1.45. The predicted octanol–water partition coefficient (Wildman–Crippen LogP) is 1.91. The SMILES string of the molecule is CCc1sc(C(=O)NNC(=O)CN2CCN(c3ccccc3O)CC2)cc1C. The van der Waals surface area contributed by atoms with Gasteiger partial charge in [-0.2, -0.15) is 0 Å². The van der Waals surface area contributed by atoms with E-state index in [0.29, 0.717) is 18.0 Å². The Balaban J connectivity index is 1.43. The molecule has 0 aliphatic carbocycles. The molecule has 3 N–H and O–H groups in total. The molecule has 8 heteroatoms. The summed E-state index contributed by atoms with van der Waals surface area (Å²) in [5.41, 5.74) is 6.92. The lowest BCUT2D eigenvalue weighted by atomic mass is 10.2. The van der Waals surface area contributed by atoms with Crippen LogP contribution in [0.25, 0.3) is 0 Å². The first-order chi connectivity index (χ1) is 13.5. The van der Waals surface area contributed by atoms with Gasteiger partial charge in [-0.15, -0.1) is 11.3 Å². The van der Waals surface area contributed by atoms with Gasteiger partial charge in [0.05, 0.1) is 17.1 Å². The fourth-order valence-corrected chi connectivity index (χ4v) is 4.30. The molecule has 1 aliphatic rings. The Hall–Kier alpha value is -2.58. The van der Waals surface area contributed by atoms with Crippen LogP contribution < -0.4 is 15.8 Å². The highest BCUT2D eigenvalue weighted by Crippen LogP contribution is 2.27. The van der Waals surface area contributed by atoms with Crippen LogP contribution in [-0.4, -0.2) is 54.5 Å². The Labute approximate surface area is 168 Å². The van der Waals surface area contributed by atoms with Crippen molar-refractivity contribution in [2.45, 2.75) is 20.3 Å². The van der Waals surface area contributed by atoms with E-state index in [0.717, 1.165) is 30.8 Å². The van der Waals surface area contributed by atoms with Crippen molar-refractivity contribution >= 4 is 28.8 Å². The van der Waals surface area contributed by atoms with E-state index in [1.54, 1.807) is 12.1 Å². The number of anilines is 1. The molecule has 2 amide bonds. The predicted molar refractivity (Wildman–Crippen MR) is 111 cm³/mol. The smallest absolute Gasteiger partial charge is 0.279 e. The number of rotatable bonds is 5. The van der Waals surface area contributed by atoms with Crippen LogP contribution in [0.3, 0.4) is 0 Å². The topological polar surface area (TPSA) is 84.9 Å². The number of aryl methyl sites for hydroxylation is 2. The van der Waals surface area contributed by atoms with Gasteiger partial charge in [-0.3, -0.25) is 25.3 Å². The summed E-state index contributed by atoms with van der Waals surface area (Å²) in [5, 5.41) is 9.97. The average molecular weight is 403 g/mol. The van der Waals surface area contributed by atoms with Crippen molar-refractivity contribution in [2.24, 2.45) is 0 Å². The highest BCUT2D eigenvalue weighted by atomic mass is 32.1. The Morgan fingerprint density at radius 2 is 1.86 bits per heavy atom. The van der Waals surface area contributed by atoms with Gasteiger partial charge in [0.15, 0.2) is 0 Å². The first-order valence-corrected chi connectivity index (χ1v) is 10.2. The monoisotopic (exact) mass is 402 g/mol. The summed E-state index contributed by atoms with van der Waals surface area (Å²) in [7, 11) is 0. The molecule has 0 atom stereocenters. The van der Waals surface area contributed by atoms with E-state index < -0.39 is 0 Å². The zero-order chi connectivity index (χ0) is 20.1. The molecule has 2 aromatic rings. The summed E-state index contributed by atoms with van der Waals surface area (Å²) in [6, 6.07) is 9.12. The molecule has 3 rings (SSSR count). The number of piperazine rings is 1. The van der Waals surface area contributed by atoms with Gasteiger partial charge in [0.1, 0.15) is 5.75 Å². The highest BCUT2D eigenvalue weighted by molar-refractivity contribution is 7.14. The van der Waals surface area contributed by atoms with Crippen LogP contribution in [0.2, 0.25) is 0 Å². The Morgan fingerprint density at radius 3 is 2.50 bits per heavy atom. The number of phenolic OH excluding ortho intramolecular Hbond substituents is 1. The molecule has 1 aliphatic heterocycles. The molecule has 0 unspecified atom stereocenters. The first kappa shape index (κ1) is 20.2. The third-order valence-corrected chi connectivity index (χ3v) is 6.22. The van der Waals surface area contributed by atoms with Gasteiger partial charge >= 0.3 is 0 Å². The maximum absolute atomic E-state index is 12.2. The van der Waals surface area contributed by atoms with Crippen molar-refractivity contribution in [3.63, 3.8) is 0 Å². The molecule has 1 fully saturated rings. The Bertz CT molecular complexity index is 844. The second-order valence-electron chi connectivity index (χ2n) is 6.82. The molecule has 7 nitrogen and oxygen atoms in total. The molecule has 0 saturated carbocycles. The largest absolute Gasteiger partial charge is 0.506 e. The lowest BCUT2D eigenvalue weighted by Crippen LogP contribution is -2.51. The standard InChI is InChI=1S/C20H26N4O3S/c1-3-17-14(2)12-18(28-17)20(27)22-21-19(26)13-23-8-10-24(11-9-23)15-6-4-5-7-16(15)25/h4-7,12,25H,3,8-11,13H2,1-2H3,(H,21,26)(H,22,27). The molecule has 28 heavy (non-hydrogen) atoms. The van der Waals surface area contributed by atoms with E-state index in [4.69, 9.17) is 0 Å². The van der Waals surface area contributed by atoms with E-state index in [-0.39, 0.29) is 24.1 Å². The third-order valence-electron chi connectivity index (χ3n) is 4.84. The number of thiophene rings is 1. The zero-order valence-corrected chi connectivity index (χ0v) is 17.0. The third kappa shape index (κ3) is 4.82. The number of phenols is 1. The molecule has 150 valence electrons. The van der Waals surface area contributed by atoms with Gasteiger partial charge in [-0.05, 0) is 37.1 Å². The molecule has 1 aromatic carbocycles. The number of aromatic hydroxyl groups is 1. The number of hydrogen-bond donors (Lipinski definition) is 3. The van der Waals surface area contributed by atoms with Crippen LogP contribution in [-0.2, 0) is 11.2 Å². The van der Waals surface area contributed by atoms with Crippen LogP contribution in [0.15, 0.2) is 30.3 Å². The van der Waals surface area contributed by atoms with Crippen molar-refractivity contribution in [3.8, 4) is 5.75 Å². The van der Waals surface area contributed by atoms with Gasteiger partial charge < -0.3 is 10.0 Å². The van der Waals surface area contributed by atoms with Gasteiger partial charge in [0, 0.05) is 31.1 Å². The lowest BCUT2D eigenvalue weighted by molar-refractivity contribution is -0.123. The number of hydrazine groups is 1. The van der Waals surface area contributed by atoms with Crippen LogP contribution in [0.4, 0.5) is 5.69 Å². The Morgan fingerprint density at radius 1 is 1.14 bits per heavy atom. The van der Waals surface area contributed by atoms with Crippen molar-refractivity contribution in [1.82, 2.24) is 15.8 Å². The zero-order valence-electron chi connectivity index (χ0n) is 16.2. The minimum absolute atomic E-state index is 0.221. The molecule has 0 radical (unpaired) electrons. The average Bonchev–Trinajstić information content (AvgIpc) is 3.08. The summed E-state index contributed by atoms with van der Waals surface area (Å²) in [6.45, 7) is 7.13. The molecule has 0 bridgehead atoms. The van der Waals surface area contributed by atoms with Gasteiger partial charge in [-0.1, -0.05) is 19.1 Å². The molecular formula is C20H26N4O3S. The number of nitrogens with one attached hydrogen (secondary N) is 2. The summed E-state index contributed by atoms with van der Waals surface area (Å²) in [5.74, 6) is -0.259. The number of hydrogen-bond acceptors (Lipinski definition) is 6. The van der Waals surface area contributed by atoms with Crippen LogP contribution in [0, 0.1) is 6.92 Å². The minimum Gasteiger partial charge on any atom is -0.506 e. The normalized spacial score (nSPS) is 14.7. The Kier molecular flexibility index (Phi) is 6.53. The highest BCUT2D eigenvalue weighted by Gasteiger charge is 2.21. The number of carbonyl (C=O) groups is 2. The maximum Gasteiger partial charge on any atom is 0.279 e. The number of para-hydroxylation sites is 2. The van der Waals surface area contributed by atoms with E-state index in [1.165, 1.54) is 16.2 Å². The second kappa shape index (κ2) is 9.07. The molecule has 1 aromatic heterocycles. The quantitative estimate of drug-likeness (QED) is 0.666. The molecule has 2 heterocycles. The fourth-order valence-electron chi connectivity index (χ4n) is 3.29. The van der Waals surface area contributed by atoms with E-state index in [2.05, 4.69) is 22.7 Å². The minimum atomic E-state index is -0.287. The van der Waals surface area contributed by atoms with Crippen LogP contribution in [0.5, 0.6) is 5.75 Å². The van der Waals surface area contributed by atoms with Gasteiger partial charge in [0.2, 0.25) is 0 Å². The molecule has 1 saturated heterocycles. The summed E-state index contributed by atoms with van der Waals surface area (Å²) in [6.07, 6.45) is 0.892.